The van der Waals surface area contributed by atoms with Crippen molar-refractivity contribution in [1.29, 1.82) is 0 Å². The molecule has 2 heteroatoms. The van der Waals surface area contributed by atoms with Crippen LogP contribution in [0, 0.1) is 46.3 Å². The summed E-state index contributed by atoms with van der Waals surface area (Å²) in [4.78, 5) is 29.0. The molecule has 0 heterocycles. The monoisotopic (exact) mass is 416 g/mol. The standard InChI is InChI=1S/C29H36O2/c30-26(28-12-18-6-19(13-28)8-20(7-18)14-28)25(24-4-2-1-3-5-24)27(31)29-15-21-9-22(16-29)11-23(10-21)17-29/h1-5,18-23,25H,6-17H2. The summed E-state index contributed by atoms with van der Waals surface area (Å²) in [6.45, 7) is 0. The molecule has 0 aromatic heterocycles. The van der Waals surface area contributed by atoms with Crippen molar-refractivity contribution in [2.24, 2.45) is 46.3 Å². The van der Waals surface area contributed by atoms with Crippen molar-refractivity contribution in [2.75, 3.05) is 0 Å². The fraction of sp³-hybridized carbons (Fsp3) is 0.724. The van der Waals surface area contributed by atoms with Crippen LogP contribution in [0.2, 0.25) is 0 Å². The van der Waals surface area contributed by atoms with Gasteiger partial charge in [-0.25, -0.2) is 0 Å². The highest BCUT2D eigenvalue weighted by molar-refractivity contribution is 6.12. The van der Waals surface area contributed by atoms with Crippen LogP contribution in [-0.4, -0.2) is 11.6 Å². The second kappa shape index (κ2) is 6.55. The van der Waals surface area contributed by atoms with Crippen LogP contribution in [0.4, 0.5) is 0 Å². The third-order valence-electron chi connectivity index (χ3n) is 10.8. The molecule has 0 spiro atoms. The normalized spacial score (nSPS) is 47.5. The van der Waals surface area contributed by atoms with E-state index in [0.717, 1.165) is 79.6 Å². The van der Waals surface area contributed by atoms with Crippen molar-refractivity contribution in [2.45, 2.75) is 83.0 Å². The molecule has 8 saturated carbocycles. The molecule has 9 rings (SSSR count). The fourth-order valence-corrected chi connectivity index (χ4v) is 10.5. The Balaban J connectivity index is 1.28. The Morgan fingerprint density at radius 1 is 0.581 bits per heavy atom. The van der Waals surface area contributed by atoms with Gasteiger partial charge in [0, 0.05) is 10.8 Å². The van der Waals surface area contributed by atoms with Gasteiger partial charge in [0.1, 0.15) is 5.92 Å². The fourth-order valence-electron chi connectivity index (χ4n) is 10.5. The minimum atomic E-state index is -0.506. The number of hydrogen-bond donors (Lipinski definition) is 0. The molecule has 0 radical (unpaired) electrons. The molecule has 164 valence electrons. The predicted molar refractivity (Wildman–Crippen MR) is 120 cm³/mol. The first-order valence-corrected chi connectivity index (χ1v) is 13.2. The average molecular weight is 417 g/mol. The summed E-state index contributed by atoms with van der Waals surface area (Å²) in [7, 11) is 0. The summed E-state index contributed by atoms with van der Waals surface area (Å²) in [6, 6.07) is 10.2. The van der Waals surface area contributed by atoms with Crippen LogP contribution in [0.25, 0.3) is 0 Å². The predicted octanol–water partition coefficient (Wildman–Crippen LogP) is 6.34. The Morgan fingerprint density at radius 3 is 1.23 bits per heavy atom. The van der Waals surface area contributed by atoms with E-state index in [1.54, 1.807) is 0 Å². The minimum Gasteiger partial charge on any atom is -0.298 e. The molecule has 2 nitrogen and oxygen atoms in total. The lowest BCUT2D eigenvalue weighted by Gasteiger charge is -2.58. The SMILES string of the molecule is O=C(C(C(=O)C12CC3CC(CC(C3)C1)C2)c1ccccc1)C12CC3CC(CC(C3)C1)C2. The Hall–Kier alpha value is -1.44. The van der Waals surface area contributed by atoms with E-state index >= 15 is 0 Å². The molecule has 0 N–H and O–H groups in total. The molecule has 0 aliphatic heterocycles. The Kier molecular flexibility index (Phi) is 4.03. The quantitative estimate of drug-likeness (QED) is 0.525. The Labute approximate surface area is 186 Å². The lowest BCUT2D eigenvalue weighted by atomic mass is 9.45. The molecule has 0 saturated heterocycles. The molecule has 8 bridgehead atoms. The first-order chi connectivity index (χ1) is 15.0. The topological polar surface area (TPSA) is 34.1 Å². The van der Waals surface area contributed by atoms with Crippen molar-refractivity contribution in [3.05, 3.63) is 35.9 Å². The zero-order valence-electron chi connectivity index (χ0n) is 18.7. The highest BCUT2D eigenvalue weighted by Crippen LogP contribution is 2.64. The van der Waals surface area contributed by atoms with Gasteiger partial charge < -0.3 is 0 Å². The zero-order chi connectivity index (χ0) is 20.8. The Bertz CT molecular complexity index is 785. The molecule has 8 aliphatic carbocycles. The molecule has 31 heavy (non-hydrogen) atoms. The number of carbonyl (C=O) groups excluding carboxylic acids is 2. The van der Waals surface area contributed by atoms with Crippen molar-refractivity contribution in [1.82, 2.24) is 0 Å². The van der Waals surface area contributed by atoms with Gasteiger partial charge >= 0.3 is 0 Å². The van der Waals surface area contributed by atoms with E-state index in [0.29, 0.717) is 11.6 Å². The van der Waals surface area contributed by atoms with Gasteiger partial charge in [0.05, 0.1) is 0 Å². The number of rotatable bonds is 5. The molecule has 0 atom stereocenters. The smallest absolute Gasteiger partial charge is 0.153 e. The second-order valence-corrected chi connectivity index (χ2v) is 13.0. The Morgan fingerprint density at radius 2 is 0.903 bits per heavy atom. The van der Waals surface area contributed by atoms with Crippen molar-refractivity contribution < 1.29 is 9.59 Å². The average Bonchev–Trinajstić information content (AvgIpc) is 2.73. The van der Waals surface area contributed by atoms with Gasteiger partial charge in [0.2, 0.25) is 0 Å². The van der Waals surface area contributed by atoms with Crippen LogP contribution in [0.5, 0.6) is 0 Å². The van der Waals surface area contributed by atoms with Crippen molar-refractivity contribution in [3.8, 4) is 0 Å². The van der Waals surface area contributed by atoms with Crippen LogP contribution in [0.3, 0.4) is 0 Å². The third kappa shape index (κ3) is 2.82. The van der Waals surface area contributed by atoms with E-state index in [2.05, 4.69) is 12.1 Å². The summed E-state index contributed by atoms with van der Waals surface area (Å²) in [5.74, 6) is 4.58. The van der Waals surface area contributed by atoms with Gasteiger partial charge in [-0.05, 0) is 118 Å². The molecule has 0 unspecified atom stereocenters. The molecular formula is C29H36O2. The van der Waals surface area contributed by atoms with Crippen molar-refractivity contribution >= 4 is 11.6 Å². The summed E-state index contributed by atoms with van der Waals surface area (Å²) in [6.07, 6.45) is 14.4. The van der Waals surface area contributed by atoms with Gasteiger partial charge in [0.15, 0.2) is 11.6 Å². The van der Waals surface area contributed by atoms with Crippen LogP contribution >= 0.6 is 0 Å². The summed E-state index contributed by atoms with van der Waals surface area (Å²) in [5.41, 5.74) is 0.587. The number of hydrogen-bond acceptors (Lipinski definition) is 2. The van der Waals surface area contributed by atoms with Gasteiger partial charge in [-0.2, -0.15) is 0 Å². The lowest BCUT2D eigenvalue weighted by molar-refractivity contribution is -0.156. The van der Waals surface area contributed by atoms with E-state index in [-0.39, 0.29) is 10.8 Å². The van der Waals surface area contributed by atoms with Crippen LogP contribution < -0.4 is 0 Å². The maximum atomic E-state index is 14.5. The first-order valence-electron chi connectivity index (χ1n) is 13.2. The molecule has 8 fully saturated rings. The van der Waals surface area contributed by atoms with Crippen molar-refractivity contribution in [3.63, 3.8) is 0 Å². The highest BCUT2D eigenvalue weighted by Gasteiger charge is 2.60. The van der Waals surface area contributed by atoms with E-state index in [1.807, 2.05) is 18.2 Å². The maximum absolute atomic E-state index is 14.5. The first kappa shape index (κ1) is 19.1. The third-order valence-corrected chi connectivity index (χ3v) is 10.8. The van der Waals surface area contributed by atoms with Crippen LogP contribution in [-0.2, 0) is 9.59 Å². The highest BCUT2D eigenvalue weighted by atomic mass is 16.2. The molecule has 0 amide bonds. The number of ketones is 2. The summed E-state index contributed by atoms with van der Waals surface area (Å²) >= 11 is 0. The van der Waals surface area contributed by atoms with Gasteiger partial charge in [-0.1, -0.05) is 30.3 Å². The van der Waals surface area contributed by atoms with E-state index in [9.17, 15) is 9.59 Å². The largest absolute Gasteiger partial charge is 0.298 e. The van der Waals surface area contributed by atoms with Gasteiger partial charge in [-0.3, -0.25) is 9.59 Å². The number of benzene rings is 1. The molecule has 1 aromatic rings. The number of carbonyl (C=O) groups is 2. The van der Waals surface area contributed by atoms with Gasteiger partial charge in [0.25, 0.3) is 0 Å². The van der Waals surface area contributed by atoms with Crippen LogP contribution in [0.1, 0.15) is 88.5 Å². The second-order valence-electron chi connectivity index (χ2n) is 13.0. The summed E-state index contributed by atoms with van der Waals surface area (Å²) in [5, 5.41) is 0. The zero-order valence-corrected chi connectivity index (χ0v) is 18.7. The number of Topliss-reactive ketones (excluding diaryl/α,β-unsaturated/α-hetero) is 2. The van der Waals surface area contributed by atoms with Crippen LogP contribution in [0.15, 0.2) is 30.3 Å². The van der Waals surface area contributed by atoms with E-state index in [1.165, 1.54) is 38.5 Å². The molecule has 8 aliphatic rings. The van der Waals surface area contributed by atoms with E-state index in [4.69, 9.17) is 0 Å². The van der Waals surface area contributed by atoms with E-state index < -0.39 is 5.92 Å². The molecular weight excluding hydrogens is 380 g/mol. The minimum absolute atomic E-state index is 0.201. The van der Waals surface area contributed by atoms with Gasteiger partial charge in [-0.15, -0.1) is 0 Å². The molecule has 1 aromatic carbocycles. The summed E-state index contributed by atoms with van der Waals surface area (Å²) < 4.78 is 0. The maximum Gasteiger partial charge on any atom is 0.153 e. The lowest BCUT2D eigenvalue weighted by Crippen LogP contribution is -2.55.